The number of fused-ring (bicyclic) bond motifs is 1. The zero-order valence-corrected chi connectivity index (χ0v) is 18.5. The lowest BCUT2D eigenvalue weighted by atomic mass is 10.1. The topological polar surface area (TPSA) is 124 Å². The van der Waals surface area contributed by atoms with Crippen LogP contribution < -0.4 is 16.2 Å². The second kappa shape index (κ2) is 9.61. The summed E-state index contributed by atoms with van der Waals surface area (Å²) >= 11 is 6.01. The van der Waals surface area contributed by atoms with Gasteiger partial charge >= 0.3 is 0 Å². The Morgan fingerprint density at radius 3 is 2.22 bits per heavy atom. The van der Waals surface area contributed by atoms with E-state index in [4.69, 9.17) is 11.6 Å². The van der Waals surface area contributed by atoms with Crippen molar-refractivity contribution in [2.45, 2.75) is 27.3 Å². The Hall–Kier alpha value is -3.72. The van der Waals surface area contributed by atoms with E-state index >= 15 is 0 Å². The number of nitrogens with one attached hydrogen (secondary N) is 3. The summed E-state index contributed by atoms with van der Waals surface area (Å²) in [7, 11) is 0. The molecule has 166 valence electrons. The van der Waals surface area contributed by atoms with Crippen LogP contribution in [0.25, 0.3) is 10.9 Å². The average molecular weight is 456 g/mol. The van der Waals surface area contributed by atoms with E-state index in [0.717, 1.165) is 0 Å². The lowest BCUT2D eigenvalue weighted by molar-refractivity contribution is -0.115. The van der Waals surface area contributed by atoms with E-state index in [1.54, 1.807) is 31.2 Å². The zero-order chi connectivity index (χ0) is 23.4. The van der Waals surface area contributed by atoms with Gasteiger partial charge in [0.1, 0.15) is 5.82 Å². The van der Waals surface area contributed by atoms with Crippen molar-refractivity contribution < 1.29 is 14.4 Å². The van der Waals surface area contributed by atoms with Crippen molar-refractivity contribution in [3.05, 3.63) is 63.2 Å². The SMILES string of the molecule is CCN(Cc1nc2cc(Cl)ccc2c(=O)[nH]1)C(=O)c1cc(NC(C)=O)cc(NC(C)=O)c1. The number of hydrogen-bond donors (Lipinski definition) is 3. The van der Waals surface area contributed by atoms with Crippen molar-refractivity contribution in [3.8, 4) is 0 Å². The number of rotatable bonds is 6. The monoisotopic (exact) mass is 455 g/mol. The van der Waals surface area contributed by atoms with Gasteiger partial charge in [0.2, 0.25) is 11.8 Å². The van der Waals surface area contributed by atoms with Gasteiger partial charge in [-0.1, -0.05) is 11.6 Å². The minimum Gasteiger partial charge on any atom is -0.331 e. The second-order valence-corrected chi connectivity index (χ2v) is 7.59. The van der Waals surface area contributed by atoms with E-state index in [-0.39, 0.29) is 35.4 Å². The summed E-state index contributed by atoms with van der Waals surface area (Å²) in [6.07, 6.45) is 0. The molecule has 1 aromatic heterocycles. The Balaban J connectivity index is 1.94. The zero-order valence-electron chi connectivity index (χ0n) is 17.8. The molecule has 0 bridgehead atoms. The van der Waals surface area contributed by atoms with Crippen molar-refractivity contribution in [1.29, 1.82) is 0 Å². The molecule has 9 nitrogen and oxygen atoms in total. The van der Waals surface area contributed by atoms with Crippen LogP contribution in [0.1, 0.15) is 37.0 Å². The smallest absolute Gasteiger partial charge is 0.258 e. The fraction of sp³-hybridized carbons (Fsp3) is 0.227. The first-order valence-corrected chi connectivity index (χ1v) is 10.2. The third-order valence-corrected chi connectivity index (χ3v) is 4.78. The molecule has 0 aliphatic rings. The molecule has 3 amide bonds. The van der Waals surface area contributed by atoms with Crippen LogP contribution in [0, 0.1) is 0 Å². The van der Waals surface area contributed by atoms with Crippen LogP contribution in [-0.4, -0.2) is 39.1 Å². The Bertz CT molecular complexity index is 1240. The van der Waals surface area contributed by atoms with Crippen molar-refractivity contribution in [3.63, 3.8) is 0 Å². The lowest BCUT2D eigenvalue weighted by Crippen LogP contribution is -2.32. The molecule has 0 atom stereocenters. The van der Waals surface area contributed by atoms with E-state index in [0.29, 0.717) is 39.7 Å². The molecular weight excluding hydrogens is 434 g/mol. The second-order valence-electron chi connectivity index (χ2n) is 7.15. The van der Waals surface area contributed by atoms with Crippen LogP contribution in [0.3, 0.4) is 0 Å². The van der Waals surface area contributed by atoms with Gasteiger partial charge in [0.25, 0.3) is 11.5 Å². The molecule has 3 rings (SSSR count). The average Bonchev–Trinajstić information content (AvgIpc) is 2.70. The molecule has 10 heteroatoms. The summed E-state index contributed by atoms with van der Waals surface area (Å²) in [6, 6.07) is 9.39. The molecule has 0 aliphatic heterocycles. The number of benzene rings is 2. The van der Waals surface area contributed by atoms with Gasteiger partial charge in [0, 0.05) is 42.4 Å². The first-order chi connectivity index (χ1) is 15.2. The number of carbonyl (C=O) groups excluding carboxylic acids is 3. The van der Waals surface area contributed by atoms with E-state index in [1.807, 2.05) is 0 Å². The fourth-order valence-corrected chi connectivity index (χ4v) is 3.39. The summed E-state index contributed by atoms with van der Waals surface area (Å²) in [5, 5.41) is 6.09. The van der Waals surface area contributed by atoms with Crippen LogP contribution in [-0.2, 0) is 16.1 Å². The molecule has 0 spiro atoms. The Kier molecular flexibility index (Phi) is 6.89. The summed E-state index contributed by atoms with van der Waals surface area (Å²) in [5.41, 5.74) is 1.10. The van der Waals surface area contributed by atoms with Gasteiger partial charge in [-0.05, 0) is 43.3 Å². The molecule has 0 aliphatic carbocycles. The molecule has 3 aromatic rings. The van der Waals surface area contributed by atoms with Gasteiger partial charge in [-0.2, -0.15) is 0 Å². The molecular formula is C22H22ClN5O4. The number of halogens is 1. The summed E-state index contributed by atoms with van der Waals surface area (Å²) in [5.74, 6) is -0.681. The minimum absolute atomic E-state index is 0.0485. The largest absolute Gasteiger partial charge is 0.331 e. The highest BCUT2D eigenvalue weighted by Gasteiger charge is 2.18. The minimum atomic E-state index is -0.361. The molecule has 0 saturated heterocycles. The molecule has 2 aromatic carbocycles. The summed E-state index contributed by atoms with van der Waals surface area (Å²) in [6.45, 7) is 4.86. The number of carbonyl (C=O) groups is 3. The van der Waals surface area contributed by atoms with Crippen molar-refractivity contribution in [1.82, 2.24) is 14.9 Å². The van der Waals surface area contributed by atoms with Crippen molar-refractivity contribution in [2.75, 3.05) is 17.2 Å². The predicted molar refractivity (Wildman–Crippen MR) is 123 cm³/mol. The predicted octanol–water partition coefficient (Wildman–Crippen LogP) is 3.16. The molecule has 1 heterocycles. The third kappa shape index (κ3) is 5.50. The van der Waals surface area contributed by atoms with Crippen LogP contribution in [0.2, 0.25) is 5.02 Å². The van der Waals surface area contributed by atoms with E-state index in [2.05, 4.69) is 20.6 Å². The van der Waals surface area contributed by atoms with Gasteiger partial charge < -0.3 is 20.5 Å². The van der Waals surface area contributed by atoms with Gasteiger partial charge in [-0.25, -0.2) is 4.98 Å². The first kappa shape index (κ1) is 23.0. The number of H-pyrrole nitrogens is 1. The van der Waals surface area contributed by atoms with Gasteiger partial charge in [-0.15, -0.1) is 0 Å². The quantitative estimate of drug-likeness (QED) is 0.526. The number of nitrogens with zero attached hydrogens (tertiary/aromatic N) is 2. The molecule has 0 radical (unpaired) electrons. The van der Waals surface area contributed by atoms with Gasteiger partial charge in [-0.3, -0.25) is 19.2 Å². The summed E-state index contributed by atoms with van der Waals surface area (Å²) in [4.78, 5) is 57.2. The highest BCUT2D eigenvalue weighted by atomic mass is 35.5. The Morgan fingerprint density at radius 1 is 1.03 bits per heavy atom. The molecule has 32 heavy (non-hydrogen) atoms. The van der Waals surface area contributed by atoms with Crippen LogP contribution in [0.15, 0.2) is 41.2 Å². The lowest BCUT2D eigenvalue weighted by Gasteiger charge is -2.21. The Morgan fingerprint density at radius 2 is 1.66 bits per heavy atom. The highest BCUT2D eigenvalue weighted by Crippen LogP contribution is 2.21. The molecule has 0 fully saturated rings. The van der Waals surface area contributed by atoms with E-state index in [1.165, 1.54) is 30.9 Å². The van der Waals surface area contributed by atoms with Crippen molar-refractivity contribution >= 4 is 51.6 Å². The van der Waals surface area contributed by atoms with Crippen LogP contribution in [0.4, 0.5) is 11.4 Å². The standard InChI is InChI=1S/C22H22ClN5O4/c1-4-28(11-20-26-19-9-15(23)5-6-18(19)21(31)27-20)22(32)14-7-16(24-12(2)29)10-17(8-14)25-13(3)30/h5-10H,4,11H2,1-3H3,(H,24,29)(H,25,30)(H,26,27,31). The third-order valence-electron chi connectivity index (χ3n) is 4.55. The van der Waals surface area contributed by atoms with Crippen LogP contribution in [0.5, 0.6) is 0 Å². The van der Waals surface area contributed by atoms with E-state index in [9.17, 15) is 19.2 Å². The van der Waals surface area contributed by atoms with Gasteiger partial charge in [0.05, 0.1) is 17.4 Å². The first-order valence-electron chi connectivity index (χ1n) is 9.84. The molecule has 0 unspecified atom stereocenters. The van der Waals surface area contributed by atoms with Gasteiger partial charge in [0.15, 0.2) is 0 Å². The summed E-state index contributed by atoms with van der Waals surface area (Å²) < 4.78 is 0. The molecule has 3 N–H and O–H groups in total. The number of anilines is 2. The maximum atomic E-state index is 13.2. The Labute approximate surface area is 188 Å². The van der Waals surface area contributed by atoms with Crippen LogP contribution >= 0.6 is 11.6 Å². The maximum Gasteiger partial charge on any atom is 0.258 e. The van der Waals surface area contributed by atoms with Crippen molar-refractivity contribution in [2.24, 2.45) is 0 Å². The normalized spacial score (nSPS) is 10.6. The number of amides is 3. The highest BCUT2D eigenvalue weighted by molar-refractivity contribution is 6.31. The number of aromatic amines is 1. The number of aromatic nitrogens is 2. The maximum absolute atomic E-state index is 13.2. The fourth-order valence-electron chi connectivity index (χ4n) is 3.23. The molecule has 0 saturated carbocycles. The van der Waals surface area contributed by atoms with E-state index < -0.39 is 0 Å². The number of hydrogen-bond acceptors (Lipinski definition) is 5.